The Labute approximate surface area is 84.9 Å². The summed E-state index contributed by atoms with van der Waals surface area (Å²) in [5, 5.41) is 6.58. The van der Waals surface area contributed by atoms with Crippen LogP contribution < -0.4 is 10.6 Å². The molecule has 0 bridgehead atoms. The molecule has 0 aromatic carbocycles. The highest BCUT2D eigenvalue weighted by atomic mass is 15.0. The van der Waals surface area contributed by atoms with Crippen LogP contribution in [0.25, 0.3) is 0 Å². The second-order valence-corrected chi connectivity index (χ2v) is 3.73. The van der Waals surface area contributed by atoms with Gasteiger partial charge in [-0.2, -0.15) is 0 Å². The molecule has 1 aliphatic rings. The van der Waals surface area contributed by atoms with Gasteiger partial charge in [0.05, 0.1) is 0 Å². The van der Waals surface area contributed by atoms with Gasteiger partial charge < -0.3 is 10.6 Å². The van der Waals surface area contributed by atoms with E-state index in [9.17, 15) is 0 Å². The Morgan fingerprint density at radius 2 is 2.50 bits per heavy atom. The van der Waals surface area contributed by atoms with Crippen molar-refractivity contribution in [3.63, 3.8) is 0 Å². The summed E-state index contributed by atoms with van der Waals surface area (Å²) in [4.78, 5) is 4.33. The van der Waals surface area contributed by atoms with E-state index in [1.807, 2.05) is 19.3 Å². The summed E-state index contributed by atoms with van der Waals surface area (Å²) in [6.07, 6.45) is 4.38. The summed E-state index contributed by atoms with van der Waals surface area (Å²) in [5.74, 6) is 1.65. The van der Waals surface area contributed by atoms with Crippen molar-refractivity contribution in [3.05, 3.63) is 23.9 Å². The first-order valence-electron chi connectivity index (χ1n) is 5.25. The number of nitrogens with zero attached hydrogens (tertiary/aromatic N) is 1. The molecule has 2 heterocycles. The van der Waals surface area contributed by atoms with Crippen LogP contribution in [0.1, 0.15) is 24.3 Å². The first-order valence-corrected chi connectivity index (χ1v) is 5.25. The van der Waals surface area contributed by atoms with Crippen LogP contribution in [0.5, 0.6) is 0 Å². The van der Waals surface area contributed by atoms with Crippen molar-refractivity contribution in [2.75, 3.05) is 25.5 Å². The van der Waals surface area contributed by atoms with E-state index in [1.54, 1.807) is 0 Å². The largest absolute Gasteiger partial charge is 0.373 e. The van der Waals surface area contributed by atoms with Gasteiger partial charge in [0, 0.05) is 25.7 Å². The van der Waals surface area contributed by atoms with Gasteiger partial charge >= 0.3 is 0 Å². The lowest BCUT2D eigenvalue weighted by atomic mass is 9.92. The molecule has 3 nitrogen and oxygen atoms in total. The minimum absolute atomic E-state index is 0.625. The zero-order chi connectivity index (χ0) is 9.80. The van der Waals surface area contributed by atoms with Crippen molar-refractivity contribution in [2.45, 2.75) is 18.8 Å². The van der Waals surface area contributed by atoms with Crippen LogP contribution in [0.2, 0.25) is 0 Å². The average Bonchev–Trinajstić information content (AvgIpc) is 2.30. The second-order valence-electron chi connectivity index (χ2n) is 3.73. The highest BCUT2D eigenvalue weighted by Crippen LogP contribution is 2.27. The predicted octanol–water partition coefficient (Wildman–Crippen LogP) is 1.59. The van der Waals surface area contributed by atoms with E-state index in [4.69, 9.17) is 0 Å². The Morgan fingerprint density at radius 1 is 1.57 bits per heavy atom. The van der Waals surface area contributed by atoms with Crippen molar-refractivity contribution in [3.8, 4) is 0 Å². The Hall–Kier alpha value is -1.09. The van der Waals surface area contributed by atoms with E-state index in [1.165, 1.54) is 18.4 Å². The maximum Gasteiger partial charge on any atom is 0.129 e. The maximum atomic E-state index is 4.33. The molecule has 1 atom stereocenters. The number of piperidine rings is 1. The van der Waals surface area contributed by atoms with Crippen molar-refractivity contribution >= 4 is 5.82 Å². The number of pyridine rings is 1. The molecule has 0 aliphatic carbocycles. The molecule has 1 aromatic rings. The first kappa shape index (κ1) is 9.46. The summed E-state index contributed by atoms with van der Waals surface area (Å²) in [6, 6.07) is 4.20. The van der Waals surface area contributed by atoms with Gasteiger partial charge in [0.1, 0.15) is 5.82 Å². The van der Waals surface area contributed by atoms with Crippen LogP contribution in [0.3, 0.4) is 0 Å². The van der Waals surface area contributed by atoms with Gasteiger partial charge in [-0.05, 0) is 31.0 Å². The SMILES string of the molecule is CNc1ncccc1C1CCCNC1. The molecule has 1 aromatic heterocycles. The highest BCUT2D eigenvalue weighted by Gasteiger charge is 2.17. The average molecular weight is 191 g/mol. The molecule has 1 fully saturated rings. The number of hydrogen-bond acceptors (Lipinski definition) is 3. The van der Waals surface area contributed by atoms with Gasteiger partial charge in [0.25, 0.3) is 0 Å². The number of anilines is 1. The lowest BCUT2D eigenvalue weighted by Gasteiger charge is -2.24. The first-order chi connectivity index (χ1) is 6.92. The zero-order valence-electron chi connectivity index (χ0n) is 8.59. The van der Waals surface area contributed by atoms with E-state index < -0.39 is 0 Å². The summed E-state index contributed by atoms with van der Waals surface area (Å²) in [6.45, 7) is 2.24. The molecule has 2 N–H and O–H groups in total. The quantitative estimate of drug-likeness (QED) is 0.745. The molecule has 1 saturated heterocycles. The molecule has 2 rings (SSSR count). The number of rotatable bonds is 2. The van der Waals surface area contributed by atoms with Gasteiger partial charge in [-0.25, -0.2) is 4.98 Å². The number of nitrogens with one attached hydrogen (secondary N) is 2. The fourth-order valence-corrected chi connectivity index (χ4v) is 2.07. The van der Waals surface area contributed by atoms with E-state index in [2.05, 4.69) is 21.7 Å². The van der Waals surface area contributed by atoms with Crippen molar-refractivity contribution in [1.82, 2.24) is 10.3 Å². The summed E-state index contributed by atoms with van der Waals surface area (Å²) < 4.78 is 0. The Bertz CT molecular complexity index is 292. The molecule has 3 heteroatoms. The van der Waals surface area contributed by atoms with E-state index in [0.717, 1.165) is 18.9 Å². The van der Waals surface area contributed by atoms with Crippen LogP contribution in [0.4, 0.5) is 5.82 Å². The predicted molar refractivity (Wildman–Crippen MR) is 58.6 cm³/mol. The monoisotopic (exact) mass is 191 g/mol. The Balaban J connectivity index is 2.20. The molecule has 0 radical (unpaired) electrons. The summed E-state index contributed by atoms with van der Waals surface area (Å²) in [5.41, 5.74) is 1.35. The third-order valence-corrected chi connectivity index (χ3v) is 2.81. The minimum Gasteiger partial charge on any atom is -0.373 e. The van der Waals surface area contributed by atoms with E-state index in [0.29, 0.717) is 5.92 Å². The Morgan fingerprint density at radius 3 is 3.21 bits per heavy atom. The third kappa shape index (κ3) is 1.87. The molecule has 0 amide bonds. The van der Waals surface area contributed by atoms with Crippen LogP contribution in [-0.4, -0.2) is 25.1 Å². The molecule has 76 valence electrons. The van der Waals surface area contributed by atoms with Gasteiger partial charge in [-0.15, -0.1) is 0 Å². The maximum absolute atomic E-state index is 4.33. The fraction of sp³-hybridized carbons (Fsp3) is 0.545. The molecular formula is C11H17N3. The topological polar surface area (TPSA) is 37.0 Å². The summed E-state index contributed by atoms with van der Waals surface area (Å²) >= 11 is 0. The van der Waals surface area contributed by atoms with Crippen LogP contribution in [-0.2, 0) is 0 Å². The van der Waals surface area contributed by atoms with Gasteiger partial charge in [-0.1, -0.05) is 6.07 Å². The molecule has 14 heavy (non-hydrogen) atoms. The van der Waals surface area contributed by atoms with Crippen LogP contribution in [0, 0.1) is 0 Å². The number of aromatic nitrogens is 1. The third-order valence-electron chi connectivity index (χ3n) is 2.81. The van der Waals surface area contributed by atoms with Crippen molar-refractivity contribution in [2.24, 2.45) is 0 Å². The van der Waals surface area contributed by atoms with Crippen LogP contribution >= 0.6 is 0 Å². The van der Waals surface area contributed by atoms with Crippen molar-refractivity contribution < 1.29 is 0 Å². The molecule has 0 spiro atoms. The van der Waals surface area contributed by atoms with Gasteiger partial charge in [0.15, 0.2) is 0 Å². The normalized spacial score (nSPS) is 21.9. The van der Waals surface area contributed by atoms with Crippen molar-refractivity contribution in [1.29, 1.82) is 0 Å². The molecule has 0 saturated carbocycles. The Kier molecular flexibility index (Phi) is 2.99. The highest BCUT2D eigenvalue weighted by molar-refractivity contribution is 5.45. The second kappa shape index (κ2) is 4.42. The molecule has 1 unspecified atom stereocenters. The number of hydrogen-bond donors (Lipinski definition) is 2. The van der Waals surface area contributed by atoms with E-state index in [-0.39, 0.29) is 0 Å². The fourth-order valence-electron chi connectivity index (χ4n) is 2.07. The van der Waals surface area contributed by atoms with Crippen LogP contribution in [0.15, 0.2) is 18.3 Å². The standard InChI is InChI=1S/C11H17N3/c1-12-11-10(5-3-7-14-11)9-4-2-6-13-8-9/h3,5,7,9,13H,2,4,6,8H2,1H3,(H,12,14). The van der Waals surface area contributed by atoms with Gasteiger partial charge in [-0.3, -0.25) is 0 Å². The lowest BCUT2D eigenvalue weighted by Crippen LogP contribution is -2.28. The molecule has 1 aliphatic heterocycles. The van der Waals surface area contributed by atoms with E-state index >= 15 is 0 Å². The summed E-state index contributed by atoms with van der Waals surface area (Å²) in [7, 11) is 1.93. The lowest BCUT2D eigenvalue weighted by molar-refractivity contribution is 0.461. The minimum atomic E-state index is 0.625. The smallest absolute Gasteiger partial charge is 0.129 e. The molecular weight excluding hydrogens is 174 g/mol. The zero-order valence-corrected chi connectivity index (χ0v) is 8.59. The van der Waals surface area contributed by atoms with Gasteiger partial charge in [0.2, 0.25) is 0 Å².